The topological polar surface area (TPSA) is 111 Å². The zero-order valence-electron chi connectivity index (χ0n) is 18.8. The monoisotopic (exact) mass is 443 g/mol. The maximum atomic E-state index is 13.0. The molecule has 2 heterocycles. The van der Waals surface area contributed by atoms with Crippen molar-refractivity contribution in [2.75, 3.05) is 13.1 Å². The van der Waals surface area contributed by atoms with Crippen molar-refractivity contribution in [3.05, 3.63) is 29.8 Å². The van der Waals surface area contributed by atoms with Crippen LogP contribution in [-0.4, -0.2) is 52.9 Å². The van der Waals surface area contributed by atoms with Crippen molar-refractivity contribution in [3.8, 4) is 0 Å². The quantitative estimate of drug-likeness (QED) is 0.307. The maximum Gasteiger partial charge on any atom is 0.244 e. The molecule has 8 heteroatoms. The fourth-order valence-electron chi connectivity index (χ4n) is 4.64. The van der Waals surface area contributed by atoms with Gasteiger partial charge in [-0.1, -0.05) is 38.0 Å². The minimum absolute atomic E-state index is 0.0216. The van der Waals surface area contributed by atoms with Crippen molar-refractivity contribution in [1.82, 2.24) is 16.1 Å². The number of hydrogen-bond acceptors (Lipinski definition) is 4. The van der Waals surface area contributed by atoms with Gasteiger partial charge in [-0.2, -0.15) is 0 Å². The van der Waals surface area contributed by atoms with Gasteiger partial charge in [0.25, 0.3) is 0 Å². The van der Waals surface area contributed by atoms with Crippen molar-refractivity contribution in [1.29, 1.82) is 0 Å². The Morgan fingerprint density at radius 3 is 2.78 bits per heavy atom. The summed E-state index contributed by atoms with van der Waals surface area (Å²) < 4.78 is 2.28. The van der Waals surface area contributed by atoms with E-state index in [1.807, 2.05) is 19.1 Å². The molecule has 8 nitrogen and oxygen atoms in total. The zero-order valence-corrected chi connectivity index (χ0v) is 18.8. The highest BCUT2D eigenvalue weighted by Crippen LogP contribution is 2.34. The molecule has 2 bridgehead atoms. The van der Waals surface area contributed by atoms with E-state index in [0.717, 1.165) is 32.2 Å². The molecule has 32 heavy (non-hydrogen) atoms. The highest BCUT2D eigenvalue weighted by molar-refractivity contribution is 5.91. The molecule has 0 aromatic heterocycles. The molecule has 4 N–H and O–H groups in total. The summed E-state index contributed by atoms with van der Waals surface area (Å²) in [5.74, 6) is -1.70. The third-order valence-electron chi connectivity index (χ3n) is 6.32. The van der Waals surface area contributed by atoms with Crippen LogP contribution >= 0.6 is 0 Å². The molecule has 1 aromatic rings. The first-order chi connectivity index (χ1) is 15.5. The highest BCUT2D eigenvalue weighted by Gasteiger charge is 2.35. The van der Waals surface area contributed by atoms with Gasteiger partial charge in [0.2, 0.25) is 23.4 Å². The second-order valence-electron chi connectivity index (χ2n) is 8.73. The van der Waals surface area contributed by atoms with Crippen LogP contribution in [0.3, 0.4) is 0 Å². The lowest BCUT2D eigenvalue weighted by atomic mass is 9.92. The zero-order chi connectivity index (χ0) is 22.9. The van der Waals surface area contributed by atoms with Gasteiger partial charge in [-0.3, -0.25) is 19.6 Å². The van der Waals surface area contributed by atoms with Gasteiger partial charge in [0.05, 0.1) is 5.92 Å². The summed E-state index contributed by atoms with van der Waals surface area (Å²) in [4.78, 5) is 37.7. The Morgan fingerprint density at radius 2 is 2.00 bits per heavy atom. The molecule has 0 saturated heterocycles. The normalized spacial score (nSPS) is 22.2. The Balaban J connectivity index is 1.81. The van der Waals surface area contributed by atoms with Gasteiger partial charge in [-0.05, 0) is 25.7 Å². The molecule has 1 aromatic carbocycles. The Labute approximate surface area is 189 Å². The molecular formula is C24H35N4O4+. The van der Waals surface area contributed by atoms with Gasteiger partial charge in [0, 0.05) is 36.9 Å². The van der Waals surface area contributed by atoms with E-state index in [4.69, 9.17) is 5.21 Å². The summed E-state index contributed by atoms with van der Waals surface area (Å²) in [7, 11) is 0. The summed E-state index contributed by atoms with van der Waals surface area (Å²) in [6.45, 7) is 3.47. The SMILES string of the molecule is CCC[C@H](CC(=O)NO)C(=O)N[C@H]1CC2C=[N+](CCCCCCNC1=O)c1ccccc12. The number of nitrogens with zero attached hydrogens (tertiary/aromatic N) is 1. The third-order valence-corrected chi connectivity index (χ3v) is 6.32. The fourth-order valence-corrected chi connectivity index (χ4v) is 4.64. The molecule has 2 aliphatic rings. The van der Waals surface area contributed by atoms with Crippen LogP contribution in [0.1, 0.15) is 69.8 Å². The van der Waals surface area contributed by atoms with Crippen LogP contribution < -0.4 is 16.1 Å². The van der Waals surface area contributed by atoms with Gasteiger partial charge >= 0.3 is 0 Å². The number of nitrogens with one attached hydrogen (secondary N) is 3. The lowest BCUT2D eigenvalue weighted by Gasteiger charge is -2.23. The van der Waals surface area contributed by atoms with Gasteiger partial charge in [0.1, 0.15) is 12.6 Å². The minimum Gasteiger partial charge on any atom is -0.354 e. The molecule has 0 fully saturated rings. The molecule has 0 spiro atoms. The number of hydroxylamine groups is 1. The van der Waals surface area contributed by atoms with E-state index in [2.05, 4.69) is 33.6 Å². The number of para-hydroxylation sites is 1. The number of benzene rings is 1. The Kier molecular flexibility index (Phi) is 8.79. The van der Waals surface area contributed by atoms with E-state index in [1.165, 1.54) is 11.3 Å². The summed E-state index contributed by atoms with van der Waals surface area (Å²) in [6, 6.07) is 7.53. The number of carbonyl (C=O) groups excluding carboxylic acids is 3. The molecule has 3 rings (SSSR count). The smallest absolute Gasteiger partial charge is 0.244 e. The number of amides is 3. The largest absolute Gasteiger partial charge is 0.354 e. The molecule has 174 valence electrons. The standard InChI is InChI=1S/C24H34N4O4/c1-2-9-17(15-22(29)27-32)23(30)26-20-14-18-16-28(21-11-6-5-10-19(18)21)13-8-4-3-7-12-25-24(20)31/h5-6,10-11,16-18,20H,2-4,7-9,12-15H2,1H3,(H3-,25,26,27,29,30,31,32)/p+1/t17-,18?,20+/m1/s1. The molecule has 2 aliphatic heterocycles. The van der Waals surface area contributed by atoms with Crippen LogP contribution in [-0.2, 0) is 14.4 Å². The summed E-state index contributed by atoms with van der Waals surface area (Å²) in [6.07, 6.45) is 7.89. The van der Waals surface area contributed by atoms with Crippen LogP contribution in [0.25, 0.3) is 0 Å². The second-order valence-corrected chi connectivity index (χ2v) is 8.73. The Morgan fingerprint density at radius 1 is 1.22 bits per heavy atom. The summed E-state index contributed by atoms with van der Waals surface area (Å²) in [5, 5.41) is 14.8. The first-order valence-electron chi connectivity index (χ1n) is 11.7. The van der Waals surface area contributed by atoms with Crippen molar-refractivity contribution < 1.29 is 24.2 Å². The van der Waals surface area contributed by atoms with Crippen molar-refractivity contribution in [2.24, 2.45) is 5.92 Å². The Bertz CT molecular complexity index is 854. The van der Waals surface area contributed by atoms with E-state index in [0.29, 0.717) is 25.8 Å². The van der Waals surface area contributed by atoms with E-state index >= 15 is 0 Å². The molecular weight excluding hydrogens is 408 g/mol. The lowest BCUT2D eigenvalue weighted by Crippen LogP contribution is -2.49. The average Bonchev–Trinajstić information content (AvgIpc) is 3.14. The third kappa shape index (κ3) is 6.16. The van der Waals surface area contributed by atoms with Crippen LogP contribution in [0.4, 0.5) is 5.69 Å². The predicted octanol–water partition coefficient (Wildman–Crippen LogP) is 2.38. The number of fused-ring (bicyclic) bond motifs is 4. The molecule has 0 saturated carbocycles. The van der Waals surface area contributed by atoms with E-state index < -0.39 is 17.9 Å². The maximum absolute atomic E-state index is 13.0. The van der Waals surface area contributed by atoms with E-state index in [1.54, 1.807) is 5.48 Å². The first kappa shape index (κ1) is 23.9. The number of rotatable bonds is 6. The fraction of sp³-hybridized carbons (Fsp3) is 0.583. The predicted molar refractivity (Wildman–Crippen MR) is 121 cm³/mol. The van der Waals surface area contributed by atoms with E-state index in [-0.39, 0.29) is 24.2 Å². The van der Waals surface area contributed by atoms with E-state index in [9.17, 15) is 14.4 Å². The van der Waals surface area contributed by atoms with Crippen LogP contribution in [0.2, 0.25) is 0 Å². The molecule has 1 unspecified atom stereocenters. The average molecular weight is 444 g/mol. The Hall–Kier alpha value is -2.74. The van der Waals surface area contributed by atoms with Crippen molar-refractivity contribution in [2.45, 2.75) is 70.3 Å². The first-order valence-corrected chi connectivity index (χ1v) is 11.7. The summed E-state index contributed by atoms with van der Waals surface area (Å²) >= 11 is 0. The van der Waals surface area contributed by atoms with Crippen molar-refractivity contribution >= 4 is 29.6 Å². The second kappa shape index (κ2) is 11.8. The number of hydrogen-bond donors (Lipinski definition) is 4. The number of carbonyl (C=O) groups is 3. The molecule has 0 radical (unpaired) electrons. The summed E-state index contributed by atoms with van der Waals surface area (Å²) in [5.41, 5.74) is 3.94. The van der Waals surface area contributed by atoms with Crippen LogP contribution in [0, 0.1) is 5.92 Å². The van der Waals surface area contributed by atoms with Crippen LogP contribution in [0.5, 0.6) is 0 Å². The van der Waals surface area contributed by atoms with Gasteiger partial charge in [-0.25, -0.2) is 10.1 Å². The molecule has 3 atom stereocenters. The van der Waals surface area contributed by atoms with Crippen LogP contribution in [0.15, 0.2) is 24.3 Å². The van der Waals surface area contributed by atoms with Gasteiger partial charge in [-0.15, -0.1) is 0 Å². The van der Waals surface area contributed by atoms with Crippen molar-refractivity contribution in [3.63, 3.8) is 0 Å². The lowest BCUT2D eigenvalue weighted by molar-refractivity contribution is -0.433. The highest BCUT2D eigenvalue weighted by atomic mass is 16.5. The van der Waals surface area contributed by atoms with Gasteiger partial charge < -0.3 is 10.6 Å². The van der Waals surface area contributed by atoms with Gasteiger partial charge in [0.15, 0.2) is 6.21 Å². The molecule has 3 amide bonds. The minimum atomic E-state index is -0.700. The molecule has 0 aliphatic carbocycles.